The van der Waals surface area contributed by atoms with Crippen molar-refractivity contribution >= 4 is 10.9 Å². The highest BCUT2D eigenvalue weighted by Crippen LogP contribution is 2.25. The normalized spacial score (nSPS) is 12.5. The van der Waals surface area contributed by atoms with Crippen LogP contribution in [0.25, 0.3) is 10.9 Å². The number of pyridine rings is 1. The first kappa shape index (κ1) is 13.7. The Hall–Kier alpha value is -2.26. The van der Waals surface area contributed by atoms with E-state index in [2.05, 4.69) is 16.4 Å². The Balaban J connectivity index is 1.96. The predicted octanol–water partition coefficient (Wildman–Crippen LogP) is 3.88. The molecule has 106 valence electrons. The van der Waals surface area contributed by atoms with E-state index < -0.39 is 0 Å². The summed E-state index contributed by atoms with van der Waals surface area (Å²) in [4.78, 5) is 4.40. The molecule has 3 aromatic rings. The Morgan fingerprint density at radius 2 is 1.81 bits per heavy atom. The monoisotopic (exact) mass is 280 g/mol. The van der Waals surface area contributed by atoms with Gasteiger partial charge in [-0.3, -0.25) is 4.98 Å². The lowest BCUT2D eigenvalue weighted by Gasteiger charge is -2.18. The van der Waals surface area contributed by atoms with Gasteiger partial charge in [-0.05, 0) is 48.9 Å². The molecule has 1 atom stereocenters. The summed E-state index contributed by atoms with van der Waals surface area (Å²) in [6.07, 6.45) is 2.65. The molecule has 1 N–H and O–H groups in total. The van der Waals surface area contributed by atoms with Gasteiger partial charge in [0.2, 0.25) is 0 Å². The van der Waals surface area contributed by atoms with Gasteiger partial charge in [-0.2, -0.15) is 0 Å². The van der Waals surface area contributed by atoms with Crippen molar-refractivity contribution in [1.82, 2.24) is 10.3 Å². The van der Waals surface area contributed by atoms with E-state index in [1.54, 1.807) is 0 Å². The van der Waals surface area contributed by atoms with Gasteiger partial charge in [0.15, 0.2) is 0 Å². The molecule has 0 spiro atoms. The van der Waals surface area contributed by atoms with Crippen LogP contribution < -0.4 is 5.32 Å². The Bertz CT molecular complexity index is 732. The van der Waals surface area contributed by atoms with Crippen molar-refractivity contribution in [3.8, 4) is 0 Å². The average Bonchev–Trinajstić information content (AvgIpc) is 2.54. The van der Waals surface area contributed by atoms with Crippen molar-refractivity contribution in [3.05, 3.63) is 77.7 Å². The second-order valence-electron chi connectivity index (χ2n) is 5.09. The summed E-state index contributed by atoms with van der Waals surface area (Å²) in [5.41, 5.74) is 3.32. The highest BCUT2D eigenvalue weighted by molar-refractivity contribution is 5.82. The quantitative estimate of drug-likeness (QED) is 0.784. The number of para-hydroxylation sites is 1. The molecule has 1 unspecified atom stereocenters. The number of nitrogens with one attached hydrogen (secondary N) is 1. The summed E-state index contributed by atoms with van der Waals surface area (Å²) in [6.45, 7) is 0. The smallest absolute Gasteiger partial charge is 0.123 e. The lowest BCUT2D eigenvalue weighted by Crippen LogP contribution is -2.19. The zero-order valence-corrected chi connectivity index (χ0v) is 11.9. The lowest BCUT2D eigenvalue weighted by molar-refractivity contribution is 0.592. The number of halogens is 1. The van der Waals surface area contributed by atoms with Gasteiger partial charge in [-0.25, -0.2) is 4.39 Å². The molecule has 0 radical (unpaired) electrons. The van der Waals surface area contributed by atoms with Crippen molar-refractivity contribution in [1.29, 1.82) is 0 Å². The van der Waals surface area contributed by atoms with E-state index in [0.717, 1.165) is 22.9 Å². The topological polar surface area (TPSA) is 24.9 Å². The van der Waals surface area contributed by atoms with Crippen molar-refractivity contribution in [2.45, 2.75) is 12.5 Å². The summed E-state index contributed by atoms with van der Waals surface area (Å²) in [5.74, 6) is -0.200. The van der Waals surface area contributed by atoms with E-state index >= 15 is 0 Å². The zero-order chi connectivity index (χ0) is 14.7. The van der Waals surface area contributed by atoms with Crippen LogP contribution in [-0.2, 0) is 6.42 Å². The van der Waals surface area contributed by atoms with Gasteiger partial charge < -0.3 is 5.32 Å². The maximum Gasteiger partial charge on any atom is 0.123 e. The van der Waals surface area contributed by atoms with Crippen LogP contribution in [0, 0.1) is 5.82 Å². The number of nitrogens with zero attached hydrogens (tertiary/aromatic N) is 1. The number of aromatic nitrogens is 1. The molecule has 1 aromatic heterocycles. The molecule has 3 heteroatoms. The number of likely N-dealkylation sites (N-methyl/N-ethyl adjacent to an activating group) is 1. The molecule has 21 heavy (non-hydrogen) atoms. The molecular formula is C18H17FN2. The minimum absolute atomic E-state index is 0.170. The summed E-state index contributed by atoms with van der Waals surface area (Å²) < 4.78 is 13.0. The highest BCUT2D eigenvalue weighted by atomic mass is 19.1. The van der Waals surface area contributed by atoms with Gasteiger partial charge in [0, 0.05) is 17.6 Å². The first-order valence-electron chi connectivity index (χ1n) is 7.03. The fraction of sp³-hybridized carbons (Fsp3) is 0.167. The van der Waals surface area contributed by atoms with Gasteiger partial charge in [0.25, 0.3) is 0 Å². The highest BCUT2D eigenvalue weighted by Gasteiger charge is 2.13. The number of rotatable bonds is 4. The molecule has 1 heterocycles. The lowest BCUT2D eigenvalue weighted by atomic mass is 9.96. The Morgan fingerprint density at radius 3 is 2.57 bits per heavy atom. The molecule has 2 aromatic carbocycles. The molecule has 0 amide bonds. The first-order chi connectivity index (χ1) is 10.3. The number of fused-ring (bicyclic) bond motifs is 1. The van der Waals surface area contributed by atoms with E-state index in [0.29, 0.717) is 0 Å². The van der Waals surface area contributed by atoms with Crippen molar-refractivity contribution < 1.29 is 4.39 Å². The van der Waals surface area contributed by atoms with E-state index in [-0.39, 0.29) is 11.9 Å². The van der Waals surface area contributed by atoms with Crippen molar-refractivity contribution in [3.63, 3.8) is 0 Å². The first-order valence-corrected chi connectivity index (χ1v) is 7.03. The van der Waals surface area contributed by atoms with E-state index in [4.69, 9.17) is 0 Å². The van der Waals surface area contributed by atoms with E-state index in [9.17, 15) is 4.39 Å². The van der Waals surface area contributed by atoms with Gasteiger partial charge in [-0.15, -0.1) is 0 Å². The Kier molecular flexibility index (Phi) is 3.93. The summed E-state index contributed by atoms with van der Waals surface area (Å²) >= 11 is 0. The van der Waals surface area contributed by atoms with Crippen molar-refractivity contribution in [2.24, 2.45) is 0 Å². The minimum Gasteiger partial charge on any atom is -0.313 e. The third kappa shape index (κ3) is 2.93. The van der Waals surface area contributed by atoms with E-state index in [1.165, 1.54) is 17.7 Å². The summed E-state index contributed by atoms with van der Waals surface area (Å²) in [6, 6.07) is 17.0. The molecule has 0 saturated carbocycles. The van der Waals surface area contributed by atoms with Crippen LogP contribution in [-0.4, -0.2) is 12.0 Å². The SMILES string of the molecule is CNC(Cc1ccc(F)cc1)c1ccnc2ccccc12. The van der Waals surface area contributed by atoms with Gasteiger partial charge in [0.1, 0.15) is 5.82 Å². The fourth-order valence-corrected chi connectivity index (χ4v) is 2.65. The van der Waals surface area contributed by atoms with Crippen LogP contribution in [0.3, 0.4) is 0 Å². The number of benzene rings is 2. The largest absolute Gasteiger partial charge is 0.313 e. The molecule has 0 aliphatic heterocycles. The van der Waals surface area contributed by atoms with Crippen LogP contribution in [0.15, 0.2) is 60.8 Å². The van der Waals surface area contributed by atoms with Crippen molar-refractivity contribution in [2.75, 3.05) is 7.05 Å². The molecular weight excluding hydrogens is 263 g/mol. The molecule has 0 aliphatic rings. The summed E-state index contributed by atoms with van der Waals surface area (Å²) in [5, 5.41) is 4.51. The molecule has 2 nitrogen and oxygen atoms in total. The molecule has 0 aliphatic carbocycles. The Morgan fingerprint density at radius 1 is 1.05 bits per heavy atom. The Labute approximate surface area is 123 Å². The van der Waals surface area contributed by atoms with Gasteiger partial charge >= 0.3 is 0 Å². The fourth-order valence-electron chi connectivity index (χ4n) is 2.65. The zero-order valence-electron chi connectivity index (χ0n) is 11.9. The van der Waals surface area contributed by atoms with Crippen LogP contribution in [0.2, 0.25) is 0 Å². The van der Waals surface area contributed by atoms with Crippen LogP contribution in [0.5, 0.6) is 0 Å². The standard InChI is InChI=1S/C18H17FN2/c1-20-18(12-13-6-8-14(19)9-7-13)16-10-11-21-17-5-3-2-4-15(16)17/h2-11,18,20H,12H2,1H3. The maximum atomic E-state index is 13.0. The minimum atomic E-state index is -0.200. The van der Waals surface area contributed by atoms with Crippen LogP contribution in [0.4, 0.5) is 4.39 Å². The molecule has 3 rings (SSSR count). The third-order valence-corrected chi connectivity index (χ3v) is 3.76. The number of hydrogen-bond acceptors (Lipinski definition) is 2. The number of hydrogen-bond donors (Lipinski definition) is 1. The third-order valence-electron chi connectivity index (χ3n) is 3.76. The van der Waals surface area contributed by atoms with Gasteiger partial charge in [-0.1, -0.05) is 30.3 Å². The van der Waals surface area contributed by atoms with Crippen LogP contribution >= 0.6 is 0 Å². The van der Waals surface area contributed by atoms with Crippen LogP contribution in [0.1, 0.15) is 17.2 Å². The molecule has 0 bridgehead atoms. The maximum absolute atomic E-state index is 13.0. The van der Waals surface area contributed by atoms with E-state index in [1.807, 2.05) is 49.6 Å². The second kappa shape index (κ2) is 6.02. The second-order valence-corrected chi connectivity index (χ2v) is 5.09. The van der Waals surface area contributed by atoms with Gasteiger partial charge in [0.05, 0.1) is 5.52 Å². The average molecular weight is 280 g/mol. The summed E-state index contributed by atoms with van der Waals surface area (Å²) in [7, 11) is 1.95. The predicted molar refractivity (Wildman–Crippen MR) is 83.6 cm³/mol. The molecule has 0 saturated heterocycles. The molecule has 0 fully saturated rings.